The molecule has 0 aliphatic heterocycles. The Bertz CT molecular complexity index is 692. The fraction of sp³-hybridized carbons (Fsp3) is 0.864. The molecule has 4 aliphatic carbocycles. The predicted molar refractivity (Wildman–Crippen MR) is 106 cm³/mol. The number of nitrogens with two attached hydrogens (primary N) is 1. The van der Waals surface area contributed by atoms with Crippen molar-refractivity contribution in [1.29, 1.82) is 0 Å². The molecule has 7 atom stereocenters. The SMILES string of the molecule is C[C@]12CCC(=NOCCN)CC1C(CO)C(=O)[C@@H]1[C@H]2CC[C@]2(C)C(=O)CC[C@@H]12. The van der Waals surface area contributed by atoms with E-state index < -0.39 is 0 Å². The van der Waals surface area contributed by atoms with Gasteiger partial charge < -0.3 is 15.7 Å². The van der Waals surface area contributed by atoms with Gasteiger partial charge in [-0.05, 0) is 61.7 Å². The van der Waals surface area contributed by atoms with Crippen molar-refractivity contribution in [3.63, 3.8) is 0 Å². The molecule has 0 saturated heterocycles. The van der Waals surface area contributed by atoms with Crippen LogP contribution < -0.4 is 5.73 Å². The first kappa shape index (κ1) is 20.0. The lowest BCUT2D eigenvalue weighted by Crippen LogP contribution is -2.61. The largest absolute Gasteiger partial charge is 0.396 e. The highest BCUT2D eigenvalue weighted by atomic mass is 16.6. The standard InChI is InChI=1S/C22H34N2O4/c1-21-7-5-13(24-28-10-9-23)11-17(21)14(12-25)20(27)19-15-3-4-18(26)22(15,2)8-6-16(19)21/h14-17,19,25H,3-12,23H2,1-2H3/t14?,15-,16+,17?,19-,21+,22-/m0/s1. The van der Waals surface area contributed by atoms with Gasteiger partial charge in [-0.3, -0.25) is 9.59 Å². The number of fused-ring (bicyclic) bond motifs is 5. The highest BCUT2D eigenvalue weighted by Gasteiger charge is 2.64. The van der Waals surface area contributed by atoms with Crippen LogP contribution in [0.4, 0.5) is 0 Å². The van der Waals surface area contributed by atoms with Crippen molar-refractivity contribution < 1.29 is 19.5 Å². The van der Waals surface area contributed by atoms with Gasteiger partial charge in [-0.1, -0.05) is 19.0 Å². The molecule has 28 heavy (non-hydrogen) atoms. The smallest absolute Gasteiger partial charge is 0.142 e. The van der Waals surface area contributed by atoms with E-state index in [0.717, 1.165) is 37.8 Å². The third-order valence-corrected chi connectivity index (χ3v) is 8.86. The van der Waals surface area contributed by atoms with Crippen molar-refractivity contribution in [1.82, 2.24) is 0 Å². The first-order valence-electron chi connectivity index (χ1n) is 10.9. The molecule has 0 aromatic rings. The van der Waals surface area contributed by atoms with Crippen LogP contribution in [-0.4, -0.2) is 42.1 Å². The maximum absolute atomic E-state index is 13.6. The lowest BCUT2D eigenvalue weighted by molar-refractivity contribution is -0.166. The Morgan fingerprint density at radius 2 is 1.93 bits per heavy atom. The number of aliphatic hydroxyl groups is 1. The van der Waals surface area contributed by atoms with Gasteiger partial charge in [-0.25, -0.2) is 0 Å². The highest BCUT2D eigenvalue weighted by molar-refractivity contribution is 5.93. The zero-order chi connectivity index (χ0) is 20.1. The fourth-order valence-corrected chi connectivity index (χ4v) is 7.24. The summed E-state index contributed by atoms with van der Waals surface area (Å²) < 4.78 is 0. The van der Waals surface area contributed by atoms with E-state index in [2.05, 4.69) is 19.0 Å². The van der Waals surface area contributed by atoms with E-state index in [1.807, 2.05) is 0 Å². The molecule has 0 amide bonds. The molecule has 156 valence electrons. The summed E-state index contributed by atoms with van der Waals surface area (Å²) in [6, 6.07) is 0. The molecule has 6 nitrogen and oxygen atoms in total. The molecule has 0 aromatic heterocycles. The summed E-state index contributed by atoms with van der Waals surface area (Å²) in [4.78, 5) is 31.5. The fourth-order valence-electron chi connectivity index (χ4n) is 7.24. The third-order valence-electron chi connectivity index (χ3n) is 8.86. The van der Waals surface area contributed by atoms with Crippen molar-refractivity contribution >= 4 is 17.3 Å². The summed E-state index contributed by atoms with van der Waals surface area (Å²) >= 11 is 0. The van der Waals surface area contributed by atoms with Gasteiger partial charge in [-0.2, -0.15) is 0 Å². The lowest BCUT2D eigenvalue weighted by Gasteiger charge is -2.60. The van der Waals surface area contributed by atoms with Crippen LogP contribution in [0.3, 0.4) is 0 Å². The van der Waals surface area contributed by atoms with Gasteiger partial charge in [0.15, 0.2) is 0 Å². The summed E-state index contributed by atoms with van der Waals surface area (Å²) in [5.74, 6) is 0.669. The Labute approximate surface area is 167 Å². The van der Waals surface area contributed by atoms with Crippen molar-refractivity contribution in [2.24, 2.45) is 51.3 Å². The van der Waals surface area contributed by atoms with Crippen LogP contribution in [0.5, 0.6) is 0 Å². The number of rotatable bonds is 4. The van der Waals surface area contributed by atoms with E-state index in [0.29, 0.717) is 37.7 Å². The maximum Gasteiger partial charge on any atom is 0.142 e. The number of hydrogen-bond acceptors (Lipinski definition) is 6. The first-order valence-corrected chi connectivity index (χ1v) is 10.9. The number of oxime groups is 1. The second-order valence-electron chi connectivity index (χ2n) is 9.94. The molecule has 2 unspecified atom stereocenters. The van der Waals surface area contributed by atoms with Crippen molar-refractivity contribution in [3.8, 4) is 0 Å². The molecule has 0 radical (unpaired) electrons. The van der Waals surface area contributed by atoms with Gasteiger partial charge in [0.25, 0.3) is 0 Å². The molecule has 0 aromatic carbocycles. The molecule has 4 rings (SSSR count). The summed E-state index contributed by atoms with van der Waals surface area (Å²) in [7, 11) is 0. The zero-order valence-electron chi connectivity index (χ0n) is 17.2. The van der Waals surface area contributed by atoms with Gasteiger partial charge in [0.1, 0.15) is 18.2 Å². The van der Waals surface area contributed by atoms with Gasteiger partial charge in [0, 0.05) is 30.2 Å². The Morgan fingerprint density at radius 1 is 1.14 bits per heavy atom. The molecule has 4 fully saturated rings. The van der Waals surface area contributed by atoms with Crippen molar-refractivity contribution in [3.05, 3.63) is 0 Å². The van der Waals surface area contributed by atoms with Crippen LogP contribution in [0, 0.1) is 40.4 Å². The average molecular weight is 391 g/mol. The average Bonchev–Trinajstić information content (AvgIpc) is 2.98. The Kier molecular flexibility index (Phi) is 5.15. The maximum atomic E-state index is 13.6. The molecule has 0 bridgehead atoms. The Hall–Kier alpha value is -1.27. The van der Waals surface area contributed by atoms with Crippen LogP contribution in [0.1, 0.15) is 58.8 Å². The van der Waals surface area contributed by atoms with Crippen molar-refractivity contribution in [2.45, 2.75) is 58.8 Å². The van der Waals surface area contributed by atoms with Crippen molar-refractivity contribution in [2.75, 3.05) is 19.8 Å². The van der Waals surface area contributed by atoms with E-state index in [4.69, 9.17) is 10.6 Å². The van der Waals surface area contributed by atoms with Gasteiger partial charge >= 0.3 is 0 Å². The molecule has 0 spiro atoms. The molecular weight excluding hydrogens is 356 g/mol. The van der Waals surface area contributed by atoms with Crippen LogP contribution >= 0.6 is 0 Å². The number of carbonyl (C=O) groups is 2. The van der Waals surface area contributed by atoms with Crippen LogP contribution in [0.25, 0.3) is 0 Å². The quantitative estimate of drug-likeness (QED) is 0.567. The van der Waals surface area contributed by atoms with E-state index in [1.165, 1.54) is 0 Å². The summed E-state index contributed by atoms with van der Waals surface area (Å²) in [5, 5.41) is 14.5. The van der Waals surface area contributed by atoms with Crippen LogP contribution in [0.15, 0.2) is 5.16 Å². The lowest BCUT2D eigenvalue weighted by atomic mass is 9.43. The van der Waals surface area contributed by atoms with Gasteiger partial charge in [0.2, 0.25) is 0 Å². The molecule has 6 heteroatoms. The second kappa shape index (κ2) is 7.21. The normalized spacial score (nSPS) is 46.9. The number of nitrogens with zero attached hydrogens (tertiary/aromatic N) is 1. The minimum absolute atomic E-state index is 0.00578. The topological polar surface area (TPSA) is 102 Å². The van der Waals surface area contributed by atoms with E-state index in [-0.39, 0.29) is 46.9 Å². The van der Waals surface area contributed by atoms with Crippen LogP contribution in [-0.2, 0) is 14.4 Å². The number of aliphatic hydroxyl groups excluding tert-OH is 1. The summed E-state index contributed by atoms with van der Waals surface area (Å²) in [6.45, 7) is 5.11. The number of hydrogen-bond donors (Lipinski definition) is 2. The Balaban J connectivity index is 1.65. The first-order chi connectivity index (χ1) is 13.4. The van der Waals surface area contributed by atoms with Gasteiger partial charge in [-0.15, -0.1) is 0 Å². The van der Waals surface area contributed by atoms with Gasteiger partial charge in [0.05, 0.1) is 12.3 Å². The molecule has 4 aliphatic rings. The minimum Gasteiger partial charge on any atom is -0.396 e. The monoisotopic (exact) mass is 390 g/mol. The number of ketones is 2. The summed E-state index contributed by atoms with van der Waals surface area (Å²) in [5.41, 5.74) is 6.13. The second-order valence-corrected chi connectivity index (χ2v) is 9.94. The third kappa shape index (κ3) is 2.78. The highest BCUT2D eigenvalue weighted by Crippen LogP contribution is 2.65. The summed E-state index contributed by atoms with van der Waals surface area (Å²) in [6.07, 6.45) is 5.83. The molecule has 4 saturated carbocycles. The minimum atomic E-state index is -0.357. The zero-order valence-corrected chi connectivity index (χ0v) is 17.2. The van der Waals surface area contributed by atoms with E-state index in [1.54, 1.807) is 0 Å². The number of carbonyl (C=O) groups excluding carboxylic acids is 2. The Morgan fingerprint density at radius 3 is 2.64 bits per heavy atom. The van der Waals surface area contributed by atoms with E-state index in [9.17, 15) is 14.7 Å². The molecule has 0 heterocycles. The van der Waals surface area contributed by atoms with Crippen LogP contribution in [0.2, 0.25) is 0 Å². The predicted octanol–water partition coefficient (Wildman–Crippen LogP) is 2.33. The number of Topliss-reactive ketones (excluding diaryl/α,β-unsaturated/α-hetero) is 2. The van der Waals surface area contributed by atoms with E-state index >= 15 is 0 Å². The molecular formula is C22H34N2O4. The molecule has 3 N–H and O–H groups in total.